The molecule has 0 spiro atoms. The van der Waals surface area contributed by atoms with Gasteiger partial charge in [-0.05, 0) is 29.8 Å². The second-order valence-corrected chi connectivity index (χ2v) is 4.39. The van der Waals surface area contributed by atoms with E-state index in [1.54, 1.807) is 18.2 Å². The Bertz CT molecular complexity index is 616. The van der Waals surface area contributed by atoms with Crippen LogP contribution in [-0.4, -0.2) is 11.0 Å². The molecule has 3 nitrogen and oxygen atoms in total. The van der Waals surface area contributed by atoms with Crippen molar-refractivity contribution in [3.05, 3.63) is 58.9 Å². The topological polar surface area (TPSA) is 49.3 Å². The Hall–Kier alpha value is -2.07. The molecule has 0 aliphatic carbocycles. The van der Waals surface area contributed by atoms with Crippen LogP contribution in [-0.2, 0) is 11.2 Å². The van der Waals surface area contributed by atoms with E-state index in [0.29, 0.717) is 11.3 Å². The molecule has 0 bridgehead atoms. The van der Waals surface area contributed by atoms with Crippen molar-refractivity contribution < 1.29 is 14.3 Å². The Kier molecular flexibility index (Phi) is 4.02. The van der Waals surface area contributed by atoms with Crippen LogP contribution in [0, 0.1) is 5.82 Å². The molecule has 0 aliphatic rings. The van der Waals surface area contributed by atoms with Crippen LogP contribution in [0.15, 0.2) is 42.5 Å². The molecule has 0 saturated carbocycles. The van der Waals surface area contributed by atoms with E-state index in [1.807, 2.05) is 0 Å². The number of phenolic OH excluding ortho intramolecular Hbond substituents is 1. The van der Waals surface area contributed by atoms with Crippen molar-refractivity contribution in [2.45, 2.75) is 6.42 Å². The third kappa shape index (κ3) is 3.45. The van der Waals surface area contributed by atoms with Crippen molar-refractivity contribution in [1.82, 2.24) is 0 Å². The number of hydrogen-bond donors (Lipinski definition) is 2. The van der Waals surface area contributed by atoms with E-state index in [-0.39, 0.29) is 23.1 Å². The normalized spacial score (nSPS) is 10.2. The molecule has 0 aromatic heterocycles. The second-order valence-electron chi connectivity index (χ2n) is 3.98. The Labute approximate surface area is 114 Å². The van der Waals surface area contributed by atoms with E-state index < -0.39 is 5.82 Å². The number of phenols is 1. The highest BCUT2D eigenvalue weighted by Crippen LogP contribution is 2.26. The Morgan fingerprint density at radius 2 is 2.00 bits per heavy atom. The van der Waals surface area contributed by atoms with E-state index in [4.69, 9.17) is 11.6 Å². The first-order chi connectivity index (χ1) is 9.06. The average molecular weight is 280 g/mol. The first-order valence-electron chi connectivity index (χ1n) is 5.58. The van der Waals surface area contributed by atoms with Crippen LogP contribution >= 0.6 is 11.6 Å². The molecule has 1 amide bonds. The highest BCUT2D eigenvalue weighted by molar-refractivity contribution is 6.32. The van der Waals surface area contributed by atoms with E-state index in [9.17, 15) is 14.3 Å². The molecule has 0 atom stereocenters. The van der Waals surface area contributed by atoms with Crippen molar-refractivity contribution in [1.29, 1.82) is 0 Å². The smallest absolute Gasteiger partial charge is 0.228 e. The summed E-state index contributed by atoms with van der Waals surface area (Å²) in [6.07, 6.45) is -0.0643. The van der Waals surface area contributed by atoms with Gasteiger partial charge in [-0.3, -0.25) is 4.79 Å². The molecule has 0 saturated heterocycles. The van der Waals surface area contributed by atoms with Gasteiger partial charge in [0.25, 0.3) is 0 Å². The molecule has 0 aliphatic heterocycles. The number of benzene rings is 2. The standard InChI is InChI=1S/C14H11ClFNO2/c15-11-8-10(5-6-13(11)18)17-14(19)7-9-3-1-2-4-12(9)16/h1-6,8,18H,7H2,(H,17,19). The van der Waals surface area contributed by atoms with E-state index in [2.05, 4.69) is 5.32 Å². The second kappa shape index (κ2) is 5.71. The maximum Gasteiger partial charge on any atom is 0.228 e. The zero-order valence-corrected chi connectivity index (χ0v) is 10.6. The summed E-state index contributed by atoms with van der Waals surface area (Å²) in [6.45, 7) is 0. The van der Waals surface area contributed by atoms with Crippen LogP contribution in [0.25, 0.3) is 0 Å². The molecule has 2 aromatic rings. The number of amides is 1. The lowest BCUT2D eigenvalue weighted by atomic mass is 10.1. The summed E-state index contributed by atoms with van der Waals surface area (Å²) < 4.78 is 13.4. The fourth-order valence-electron chi connectivity index (χ4n) is 1.60. The fraction of sp³-hybridized carbons (Fsp3) is 0.0714. The van der Waals surface area contributed by atoms with Crippen molar-refractivity contribution >= 4 is 23.2 Å². The summed E-state index contributed by atoms with van der Waals surface area (Å²) in [7, 11) is 0. The van der Waals surface area contributed by atoms with Crippen molar-refractivity contribution in [3.63, 3.8) is 0 Å². The highest BCUT2D eigenvalue weighted by Gasteiger charge is 2.08. The van der Waals surface area contributed by atoms with Gasteiger partial charge in [0.15, 0.2) is 0 Å². The molecule has 0 radical (unpaired) electrons. The van der Waals surface area contributed by atoms with E-state index in [0.717, 1.165) is 0 Å². The summed E-state index contributed by atoms with van der Waals surface area (Å²) >= 11 is 5.72. The van der Waals surface area contributed by atoms with Gasteiger partial charge in [-0.25, -0.2) is 4.39 Å². The van der Waals surface area contributed by atoms with Crippen molar-refractivity contribution in [2.75, 3.05) is 5.32 Å². The van der Waals surface area contributed by atoms with Gasteiger partial charge in [0.2, 0.25) is 5.91 Å². The van der Waals surface area contributed by atoms with Crippen LogP contribution in [0.1, 0.15) is 5.56 Å². The monoisotopic (exact) mass is 279 g/mol. The van der Waals surface area contributed by atoms with Gasteiger partial charge in [0.05, 0.1) is 11.4 Å². The molecule has 19 heavy (non-hydrogen) atoms. The van der Waals surface area contributed by atoms with Crippen molar-refractivity contribution in [2.24, 2.45) is 0 Å². The van der Waals surface area contributed by atoms with Gasteiger partial charge in [-0.1, -0.05) is 29.8 Å². The van der Waals surface area contributed by atoms with Crippen LogP contribution in [0.3, 0.4) is 0 Å². The van der Waals surface area contributed by atoms with Crippen LogP contribution in [0.2, 0.25) is 5.02 Å². The number of carbonyl (C=O) groups is 1. The van der Waals surface area contributed by atoms with E-state index >= 15 is 0 Å². The SMILES string of the molecule is O=C(Cc1ccccc1F)Nc1ccc(O)c(Cl)c1. The summed E-state index contributed by atoms with van der Waals surface area (Å²) in [5.74, 6) is -0.831. The molecule has 2 rings (SSSR count). The summed E-state index contributed by atoms with van der Waals surface area (Å²) in [4.78, 5) is 11.7. The minimum atomic E-state index is -0.415. The van der Waals surface area contributed by atoms with Crippen LogP contribution in [0.5, 0.6) is 5.75 Å². The molecular weight excluding hydrogens is 269 g/mol. The number of nitrogens with one attached hydrogen (secondary N) is 1. The van der Waals surface area contributed by atoms with Gasteiger partial charge < -0.3 is 10.4 Å². The minimum absolute atomic E-state index is 0.0613. The summed E-state index contributed by atoms with van der Waals surface area (Å²) in [5, 5.41) is 12.0. The number of aromatic hydroxyl groups is 1. The van der Waals surface area contributed by atoms with E-state index in [1.165, 1.54) is 24.3 Å². The molecule has 0 heterocycles. The largest absolute Gasteiger partial charge is 0.506 e. The average Bonchev–Trinajstić information content (AvgIpc) is 2.37. The highest BCUT2D eigenvalue weighted by atomic mass is 35.5. The van der Waals surface area contributed by atoms with Crippen molar-refractivity contribution in [3.8, 4) is 5.75 Å². The number of hydrogen-bond acceptors (Lipinski definition) is 2. The third-order valence-corrected chi connectivity index (χ3v) is 2.84. The summed E-state index contributed by atoms with van der Waals surface area (Å²) in [5.41, 5.74) is 0.772. The van der Waals surface area contributed by atoms with Gasteiger partial charge in [0, 0.05) is 5.69 Å². The van der Waals surface area contributed by atoms with Gasteiger partial charge >= 0.3 is 0 Å². The zero-order valence-electron chi connectivity index (χ0n) is 9.86. The number of halogens is 2. The minimum Gasteiger partial charge on any atom is -0.506 e. The number of anilines is 1. The molecule has 98 valence electrons. The van der Waals surface area contributed by atoms with Crippen LogP contribution in [0.4, 0.5) is 10.1 Å². The third-order valence-electron chi connectivity index (χ3n) is 2.54. The predicted molar refractivity (Wildman–Crippen MR) is 71.9 cm³/mol. The first-order valence-corrected chi connectivity index (χ1v) is 5.96. The molecule has 2 N–H and O–H groups in total. The Balaban J connectivity index is 2.05. The Morgan fingerprint density at radius 3 is 2.68 bits per heavy atom. The number of carbonyl (C=O) groups excluding carboxylic acids is 1. The van der Waals surface area contributed by atoms with Gasteiger partial charge in [-0.15, -0.1) is 0 Å². The lowest BCUT2D eigenvalue weighted by Crippen LogP contribution is -2.15. The predicted octanol–water partition coefficient (Wildman–Crippen LogP) is 3.37. The Morgan fingerprint density at radius 1 is 1.26 bits per heavy atom. The zero-order chi connectivity index (χ0) is 13.8. The number of rotatable bonds is 3. The molecule has 5 heteroatoms. The maximum absolute atomic E-state index is 13.4. The lowest BCUT2D eigenvalue weighted by molar-refractivity contribution is -0.115. The first kappa shape index (κ1) is 13.4. The fourth-order valence-corrected chi connectivity index (χ4v) is 1.79. The summed E-state index contributed by atoms with van der Waals surface area (Å²) in [6, 6.07) is 10.4. The van der Waals surface area contributed by atoms with Crippen LogP contribution < -0.4 is 5.32 Å². The lowest BCUT2D eigenvalue weighted by Gasteiger charge is -2.07. The maximum atomic E-state index is 13.4. The van der Waals surface area contributed by atoms with Gasteiger partial charge in [-0.2, -0.15) is 0 Å². The van der Waals surface area contributed by atoms with Gasteiger partial charge in [0.1, 0.15) is 11.6 Å². The molecule has 2 aromatic carbocycles. The molecular formula is C14H11ClFNO2. The molecule has 0 unspecified atom stereocenters. The quantitative estimate of drug-likeness (QED) is 0.847. The molecule has 0 fully saturated rings.